The van der Waals surface area contributed by atoms with E-state index in [1.807, 2.05) is 40.9 Å². The number of aromatic nitrogens is 4. The van der Waals surface area contributed by atoms with Gasteiger partial charge in [-0.15, -0.1) is 10.2 Å². The predicted molar refractivity (Wildman–Crippen MR) is 96.7 cm³/mol. The molecule has 5 rings (SSSR count). The highest BCUT2D eigenvalue weighted by atomic mass is 35.5. The third kappa shape index (κ3) is 2.39. The lowest BCUT2D eigenvalue weighted by molar-refractivity contribution is 0.103. The Morgan fingerprint density at radius 2 is 1.80 bits per heavy atom. The van der Waals surface area contributed by atoms with Gasteiger partial charge in [-0.25, -0.2) is 0 Å². The maximum absolute atomic E-state index is 6.04. The van der Waals surface area contributed by atoms with Crippen molar-refractivity contribution in [2.75, 3.05) is 6.61 Å². The van der Waals surface area contributed by atoms with Crippen LogP contribution >= 0.6 is 11.6 Å². The molecule has 1 fully saturated rings. The maximum Gasteiger partial charge on any atom is 0.185 e. The molecule has 1 aliphatic heterocycles. The second-order valence-electron chi connectivity index (χ2n) is 6.20. The Kier molecular flexibility index (Phi) is 3.43. The Morgan fingerprint density at radius 1 is 1.00 bits per heavy atom. The summed E-state index contributed by atoms with van der Waals surface area (Å²) in [5.74, 6) is 0.772. The molecular formula is C19H15ClN4O. The second kappa shape index (κ2) is 5.79. The van der Waals surface area contributed by atoms with Crippen LogP contribution in [0.25, 0.3) is 27.7 Å². The smallest absolute Gasteiger partial charge is 0.185 e. The van der Waals surface area contributed by atoms with Gasteiger partial charge in [-0.3, -0.25) is 0 Å². The van der Waals surface area contributed by atoms with E-state index in [1.165, 1.54) is 0 Å². The predicted octanol–water partition coefficient (Wildman–Crippen LogP) is 4.45. The third-order valence-corrected chi connectivity index (χ3v) is 4.88. The number of hydrogen-bond donors (Lipinski definition) is 0. The van der Waals surface area contributed by atoms with Crippen LogP contribution in [-0.4, -0.2) is 26.4 Å². The van der Waals surface area contributed by atoms with E-state index in [-0.39, 0.29) is 6.10 Å². The average Bonchev–Trinajstić information content (AvgIpc) is 3.31. The first-order chi connectivity index (χ1) is 12.3. The number of hydrogen-bond acceptors (Lipinski definition) is 4. The molecule has 1 atom stereocenters. The Morgan fingerprint density at radius 3 is 2.56 bits per heavy atom. The minimum atomic E-state index is -0.0401. The summed E-state index contributed by atoms with van der Waals surface area (Å²) in [6, 6.07) is 15.9. The molecule has 0 N–H and O–H groups in total. The quantitative estimate of drug-likeness (QED) is 0.536. The Hall–Kier alpha value is -2.50. The highest BCUT2D eigenvalue weighted by molar-refractivity contribution is 6.30. The van der Waals surface area contributed by atoms with Crippen LogP contribution in [0.5, 0.6) is 0 Å². The second-order valence-corrected chi connectivity index (χ2v) is 6.63. The van der Waals surface area contributed by atoms with Crippen molar-refractivity contribution in [1.82, 2.24) is 19.8 Å². The summed E-state index contributed by atoms with van der Waals surface area (Å²) in [5, 5.41) is 16.4. The van der Waals surface area contributed by atoms with Crippen molar-refractivity contribution in [1.29, 1.82) is 0 Å². The molecule has 3 heterocycles. The molecule has 1 aliphatic rings. The van der Waals surface area contributed by atoms with Gasteiger partial charge in [0.1, 0.15) is 6.10 Å². The zero-order valence-electron chi connectivity index (χ0n) is 13.4. The van der Waals surface area contributed by atoms with E-state index in [4.69, 9.17) is 21.4 Å². The van der Waals surface area contributed by atoms with Crippen LogP contribution < -0.4 is 0 Å². The van der Waals surface area contributed by atoms with Crippen molar-refractivity contribution in [2.24, 2.45) is 0 Å². The van der Waals surface area contributed by atoms with E-state index < -0.39 is 0 Å². The van der Waals surface area contributed by atoms with E-state index in [0.717, 1.165) is 52.9 Å². The molecule has 5 nitrogen and oxygen atoms in total. The van der Waals surface area contributed by atoms with E-state index >= 15 is 0 Å². The maximum atomic E-state index is 6.04. The SMILES string of the molecule is Clc1ccc(-c2nn3c(C4CCCO4)nnc3c3ccccc23)cc1. The van der Waals surface area contributed by atoms with Crippen LogP contribution in [0.2, 0.25) is 5.02 Å². The zero-order valence-corrected chi connectivity index (χ0v) is 14.1. The molecule has 2 aromatic heterocycles. The van der Waals surface area contributed by atoms with Crippen LogP contribution in [0.1, 0.15) is 24.8 Å². The van der Waals surface area contributed by atoms with Crippen molar-refractivity contribution < 1.29 is 4.74 Å². The molecule has 1 unspecified atom stereocenters. The van der Waals surface area contributed by atoms with Gasteiger partial charge >= 0.3 is 0 Å². The van der Waals surface area contributed by atoms with Crippen molar-refractivity contribution in [3.05, 3.63) is 59.4 Å². The summed E-state index contributed by atoms with van der Waals surface area (Å²) in [6.07, 6.45) is 1.95. The average molecular weight is 351 g/mol. The Labute approximate surface area is 149 Å². The van der Waals surface area contributed by atoms with Gasteiger partial charge in [0.15, 0.2) is 11.5 Å². The van der Waals surface area contributed by atoms with Crippen molar-refractivity contribution >= 4 is 28.0 Å². The van der Waals surface area contributed by atoms with Gasteiger partial charge < -0.3 is 4.74 Å². The van der Waals surface area contributed by atoms with Gasteiger partial charge in [-0.05, 0) is 25.0 Å². The number of halogens is 1. The van der Waals surface area contributed by atoms with E-state index in [9.17, 15) is 0 Å². The van der Waals surface area contributed by atoms with Gasteiger partial charge in [0, 0.05) is 28.0 Å². The summed E-state index contributed by atoms with van der Waals surface area (Å²) in [7, 11) is 0. The van der Waals surface area contributed by atoms with Crippen LogP contribution in [0.4, 0.5) is 0 Å². The molecule has 0 amide bonds. The molecule has 1 saturated heterocycles. The van der Waals surface area contributed by atoms with Crippen LogP contribution in [0.3, 0.4) is 0 Å². The molecule has 2 aromatic carbocycles. The number of rotatable bonds is 2. The van der Waals surface area contributed by atoms with Crippen LogP contribution in [-0.2, 0) is 4.74 Å². The summed E-state index contributed by atoms with van der Waals surface area (Å²) in [5.41, 5.74) is 2.66. The summed E-state index contributed by atoms with van der Waals surface area (Å²) >= 11 is 6.04. The Balaban J connectivity index is 1.82. The minimum absolute atomic E-state index is 0.0401. The van der Waals surface area contributed by atoms with Crippen LogP contribution in [0, 0.1) is 0 Å². The first kappa shape index (κ1) is 14.8. The number of nitrogens with zero attached hydrogens (tertiary/aromatic N) is 4. The molecule has 0 radical (unpaired) electrons. The standard InChI is InChI=1S/C19H15ClN4O/c20-13-9-7-12(8-10-13)17-14-4-1-2-5-15(14)18-21-22-19(24(18)23-17)16-6-3-11-25-16/h1-2,4-5,7-10,16H,3,6,11H2. The van der Waals surface area contributed by atoms with E-state index in [0.29, 0.717) is 5.02 Å². The molecule has 25 heavy (non-hydrogen) atoms. The molecule has 4 aromatic rings. The fourth-order valence-electron chi connectivity index (χ4n) is 3.40. The normalized spacial score (nSPS) is 17.6. The molecule has 0 bridgehead atoms. The van der Waals surface area contributed by atoms with E-state index in [1.54, 1.807) is 0 Å². The number of ether oxygens (including phenoxy) is 1. The van der Waals surface area contributed by atoms with Gasteiger partial charge in [0.2, 0.25) is 0 Å². The van der Waals surface area contributed by atoms with Gasteiger partial charge in [-0.2, -0.15) is 9.61 Å². The zero-order chi connectivity index (χ0) is 16.8. The summed E-state index contributed by atoms with van der Waals surface area (Å²) in [6.45, 7) is 0.761. The highest BCUT2D eigenvalue weighted by Gasteiger charge is 2.25. The lowest BCUT2D eigenvalue weighted by atomic mass is 10.0. The first-order valence-corrected chi connectivity index (χ1v) is 8.70. The fraction of sp³-hybridized carbons (Fsp3) is 0.211. The molecule has 6 heteroatoms. The Bertz CT molecular complexity index is 1070. The van der Waals surface area contributed by atoms with Gasteiger partial charge in [-0.1, -0.05) is 48.0 Å². The topological polar surface area (TPSA) is 52.3 Å². The minimum Gasteiger partial charge on any atom is -0.370 e. The van der Waals surface area contributed by atoms with Gasteiger partial charge in [0.25, 0.3) is 0 Å². The molecule has 0 spiro atoms. The molecule has 124 valence electrons. The summed E-state index contributed by atoms with van der Waals surface area (Å²) in [4.78, 5) is 0. The first-order valence-electron chi connectivity index (χ1n) is 8.33. The largest absolute Gasteiger partial charge is 0.370 e. The van der Waals surface area contributed by atoms with E-state index in [2.05, 4.69) is 22.3 Å². The highest BCUT2D eigenvalue weighted by Crippen LogP contribution is 2.32. The molecule has 0 saturated carbocycles. The molecular weight excluding hydrogens is 336 g/mol. The fourth-order valence-corrected chi connectivity index (χ4v) is 3.53. The number of benzene rings is 2. The monoisotopic (exact) mass is 350 g/mol. The molecule has 0 aliphatic carbocycles. The summed E-state index contributed by atoms with van der Waals surface area (Å²) < 4.78 is 7.63. The van der Waals surface area contributed by atoms with Crippen molar-refractivity contribution in [2.45, 2.75) is 18.9 Å². The van der Waals surface area contributed by atoms with Crippen molar-refractivity contribution in [3.8, 4) is 11.3 Å². The third-order valence-electron chi connectivity index (χ3n) is 4.62. The van der Waals surface area contributed by atoms with Crippen molar-refractivity contribution in [3.63, 3.8) is 0 Å². The lowest BCUT2D eigenvalue weighted by Crippen LogP contribution is -2.06. The van der Waals surface area contributed by atoms with Crippen LogP contribution in [0.15, 0.2) is 48.5 Å². The van der Waals surface area contributed by atoms with Gasteiger partial charge in [0.05, 0.1) is 5.69 Å². The lowest BCUT2D eigenvalue weighted by Gasteiger charge is -2.10. The number of fused-ring (bicyclic) bond motifs is 3.